The summed E-state index contributed by atoms with van der Waals surface area (Å²) < 4.78 is 43.0. The first-order chi connectivity index (χ1) is 13.1. The van der Waals surface area contributed by atoms with E-state index in [4.69, 9.17) is 27.7 Å². The molecule has 0 aliphatic rings. The number of benzene rings is 1. The highest BCUT2D eigenvalue weighted by Crippen LogP contribution is 2.29. The zero-order chi connectivity index (χ0) is 20.9. The number of carbonyl (C=O) groups excluding carboxylic acids is 1. The summed E-state index contributed by atoms with van der Waals surface area (Å²) in [6.45, 7) is -0.915. The molecule has 0 saturated heterocycles. The molecule has 0 amide bonds. The van der Waals surface area contributed by atoms with Crippen molar-refractivity contribution in [1.29, 1.82) is 0 Å². The Morgan fingerprint density at radius 3 is 2.50 bits per heavy atom. The number of carbonyl (C=O) groups is 1. The zero-order valence-electron chi connectivity index (χ0n) is 14.8. The van der Waals surface area contributed by atoms with Crippen molar-refractivity contribution in [2.75, 3.05) is 12.9 Å². The van der Waals surface area contributed by atoms with Gasteiger partial charge in [-0.1, -0.05) is 52.6 Å². The van der Waals surface area contributed by atoms with Gasteiger partial charge in [0.1, 0.15) is 0 Å². The number of nitrogens with zero attached hydrogens (tertiary/aromatic N) is 1. The molecule has 0 aliphatic heterocycles. The average Bonchev–Trinajstić information content (AvgIpc) is 3.12. The van der Waals surface area contributed by atoms with Crippen LogP contribution in [0.5, 0.6) is 0 Å². The van der Waals surface area contributed by atoms with Crippen LogP contribution in [0.25, 0.3) is 11.3 Å². The molecule has 2 aromatic rings. The first-order valence-corrected chi connectivity index (χ1v) is 10.9. The van der Waals surface area contributed by atoms with Gasteiger partial charge in [-0.3, -0.25) is 9.18 Å². The summed E-state index contributed by atoms with van der Waals surface area (Å²) in [5.74, 6) is -1.12. The maximum Gasteiger partial charge on any atom is 0.209 e. The van der Waals surface area contributed by atoms with E-state index in [1.807, 2.05) is 0 Å². The number of alkyl halides is 3. The molecular formula is C17H19Cl2FN2O5S. The summed E-state index contributed by atoms with van der Waals surface area (Å²) in [5.41, 5.74) is 1.44. The Morgan fingerprint density at radius 1 is 1.32 bits per heavy atom. The Bertz CT molecular complexity index is 903. The lowest BCUT2D eigenvalue weighted by atomic mass is 9.92. The van der Waals surface area contributed by atoms with Gasteiger partial charge in [-0.15, -0.1) is 0 Å². The van der Waals surface area contributed by atoms with Crippen molar-refractivity contribution in [3.63, 3.8) is 0 Å². The van der Waals surface area contributed by atoms with Crippen LogP contribution in [0.4, 0.5) is 4.39 Å². The lowest BCUT2D eigenvalue weighted by Gasteiger charge is -2.20. The molecule has 1 heterocycles. The number of halogens is 3. The smallest absolute Gasteiger partial charge is 0.209 e. The number of hydrogen-bond donors (Lipinski definition) is 2. The second-order valence-corrected chi connectivity index (χ2v) is 9.16. The lowest BCUT2D eigenvalue weighted by Crippen LogP contribution is -2.21. The third kappa shape index (κ3) is 6.52. The molecule has 7 nitrogen and oxygen atoms in total. The van der Waals surface area contributed by atoms with Gasteiger partial charge >= 0.3 is 0 Å². The fourth-order valence-corrected chi connectivity index (χ4v) is 3.04. The van der Waals surface area contributed by atoms with E-state index >= 15 is 0 Å². The van der Waals surface area contributed by atoms with Crippen molar-refractivity contribution in [2.45, 2.75) is 23.9 Å². The van der Waals surface area contributed by atoms with Gasteiger partial charge in [-0.2, -0.15) is 0 Å². The van der Waals surface area contributed by atoms with Crippen LogP contribution >= 0.6 is 23.2 Å². The van der Waals surface area contributed by atoms with E-state index in [9.17, 15) is 22.7 Å². The van der Waals surface area contributed by atoms with Crippen LogP contribution < -0.4 is 4.72 Å². The molecule has 0 aliphatic carbocycles. The molecule has 1 aromatic heterocycles. The number of Topliss-reactive ketones (excluding diaryl/α,β-unsaturated/α-hetero) is 1. The number of aromatic nitrogens is 1. The Morgan fingerprint density at radius 2 is 1.96 bits per heavy atom. The van der Waals surface area contributed by atoms with Crippen LogP contribution in [0.15, 0.2) is 34.9 Å². The summed E-state index contributed by atoms with van der Waals surface area (Å²) in [5, 5.41) is 14.1. The van der Waals surface area contributed by atoms with Crippen LogP contribution in [0.3, 0.4) is 0 Å². The Labute approximate surface area is 171 Å². The predicted molar refractivity (Wildman–Crippen MR) is 103 cm³/mol. The number of aliphatic hydroxyl groups excluding tert-OH is 1. The molecular weight excluding hydrogens is 434 g/mol. The average molecular weight is 453 g/mol. The van der Waals surface area contributed by atoms with E-state index < -0.39 is 39.3 Å². The third-order valence-corrected chi connectivity index (χ3v) is 5.12. The van der Waals surface area contributed by atoms with E-state index in [-0.39, 0.29) is 13.0 Å². The molecule has 0 spiro atoms. The van der Waals surface area contributed by atoms with Gasteiger partial charge in [-0.05, 0) is 5.56 Å². The maximum absolute atomic E-state index is 13.3. The van der Waals surface area contributed by atoms with E-state index in [0.717, 1.165) is 6.26 Å². The van der Waals surface area contributed by atoms with E-state index in [1.54, 1.807) is 30.3 Å². The zero-order valence-corrected chi connectivity index (χ0v) is 17.1. The Balaban J connectivity index is 2.08. The second kappa shape index (κ2) is 9.80. The molecule has 0 bridgehead atoms. The molecule has 0 fully saturated rings. The van der Waals surface area contributed by atoms with Crippen LogP contribution in [0.2, 0.25) is 0 Å². The van der Waals surface area contributed by atoms with Gasteiger partial charge in [0.05, 0.1) is 31.3 Å². The van der Waals surface area contributed by atoms with Crippen molar-refractivity contribution in [3.05, 3.63) is 41.6 Å². The highest BCUT2D eigenvalue weighted by atomic mass is 35.5. The summed E-state index contributed by atoms with van der Waals surface area (Å²) in [4.78, 5) is 10.3. The van der Waals surface area contributed by atoms with Gasteiger partial charge < -0.3 is 9.63 Å². The van der Waals surface area contributed by atoms with E-state index in [1.165, 1.54) is 0 Å². The topological polar surface area (TPSA) is 110 Å². The fourth-order valence-electron chi connectivity index (χ4n) is 2.45. The van der Waals surface area contributed by atoms with Crippen molar-refractivity contribution >= 4 is 39.0 Å². The number of nitrogens with one attached hydrogen (secondary N) is 1. The van der Waals surface area contributed by atoms with E-state index in [2.05, 4.69) is 9.88 Å². The molecule has 0 radical (unpaired) electrons. The van der Waals surface area contributed by atoms with Gasteiger partial charge in [-0.25, -0.2) is 13.1 Å². The Hall–Kier alpha value is -1.52. The monoisotopic (exact) mass is 452 g/mol. The largest absolute Gasteiger partial charge is 0.388 e. The molecule has 0 unspecified atom stereocenters. The molecule has 1 aromatic carbocycles. The summed E-state index contributed by atoms with van der Waals surface area (Å²) in [6.07, 6.45) is -0.452. The quantitative estimate of drug-likeness (QED) is 0.536. The van der Waals surface area contributed by atoms with Crippen LogP contribution in [-0.4, -0.2) is 42.2 Å². The molecule has 154 valence electrons. The number of ketones is 1. The SMILES string of the molecule is CS(=O)(=O)NCc1cc(-c2ccc([C@@H](O)[C@@H](CF)CC(=O)C(Cl)Cl)cc2)on1. The minimum absolute atomic E-state index is 0.00647. The summed E-state index contributed by atoms with van der Waals surface area (Å²) in [6, 6.07) is 7.99. The summed E-state index contributed by atoms with van der Waals surface area (Å²) >= 11 is 11.0. The molecule has 2 atom stereocenters. The number of aliphatic hydroxyl groups is 1. The standard InChI is InChI=1S/C17H19Cl2FN2O5S/c1-28(25,26)21-9-13-7-15(27-22-13)10-2-4-11(5-3-10)16(24)12(8-20)6-14(23)17(18)19/h2-5,7,12,16-17,21,24H,6,8-9H2,1H3/t12-,16-/m1/s1. The predicted octanol–water partition coefficient (Wildman–Crippen LogP) is 2.77. The van der Waals surface area contributed by atoms with Crippen molar-refractivity contribution in [3.8, 4) is 11.3 Å². The first kappa shape index (κ1) is 22.8. The molecule has 2 rings (SSSR count). The minimum atomic E-state index is -3.35. The number of hydrogen-bond acceptors (Lipinski definition) is 6. The van der Waals surface area contributed by atoms with Crippen LogP contribution in [0, 0.1) is 5.92 Å². The van der Waals surface area contributed by atoms with Crippen molar-refractivity contribution in [2.24, 2.45) is 5.92 Å². The fraction of sp³-hybridized carbons (Fsp3) is 0.412. The minimum Gasteiger partial charge on any atom is -0.388 e. The van der Waals surface area contributed by atoms with E-state index in [0.29, 0.717) is 22.6 Å². The third-order valence-electron chi connectivity index (χ3n) is 3.96. The van der Waals surface area contributed by atoms with Gasteiger partial charge in [0.25, 0.3) is 0 Å². The van der Waals surface area contributed by atoms with Gasteiger partial charge in [0.2, 0.25) is 10.0 Å². The highest BCUT2D eigenvalue weighted by Gasteiger charge is 2.26. The second-order valence-electron chi connectivity index (χ2n) is 6.23. The van der Waals surface area contributed by atoms with Crippen LogP contribution in [-0.2, 0) is 21.4 Å². The Kier molecular flexibility index (Phi) is 7.97. The number of sulfonamides is 1. The number of rotatable bonds is 10. The molecule has 28 heavy (non-hydrogen) atoms. The first-order valence-electron chi connectivity index (χ1n) is 8.16. The highest BCUT2D eigenvalue weighted by molar-refractivity contribution is 7.88. The molecule has 11 heteroatoms. The maximum atomic E-state index is 13.3. The van der Waals surface area contributed by atoms with Gasteiger partial charge in [0.15, 0.2) is 16.4 Å². The molecule has 0 saturated carbocycles. The normalized spacial score (nSPS) is 14.2. The van der Waals surface area contributed by atoms with Gasteiger partial charge in [0, 0.05) is 24.0 Å². The van der Waals surface area contributed by atoms with Crippen molar-refractivity contribution < 1.29 is 27.2 Å². The molecule has 2 N–H and O–H groups in total. The van der Waals surface area contributed by atoms with Crippen LogP contribution in [0.1, 0.15) is 23.8 Å². The lowest BCUT2D eigenvalue weighted by molar-refractivity contribution is -0.119. The van der Waals surface area contributed by atoms with Crippen molar-refractivity contribution in [1.82, 2.24) is 9.88 Å². The summed E-state index contributed by atoms with van der Waals surface area (Å²) in [7, 11) is -3.35.